The Labute approximate surface area is 165 Å². The smallest absolute Gasteiger partial charge is 0.235 e. The van der Waals surface area contributed by atoms with Crippen LogP contribution < -0.4 is 19.7 Å². The summed E-state index contributed by atoms with van der Waals surface area (Å²) in [5.74, 6) is 1.25. The highest BCUT2D eigenvalue weighted by Gasteiger charge is 2.36. The number of hydrogen-bond acceptors (Lipinski definition) is 4. The van der Waals surface area contributed by atoms with Crippen molar-refractivity contribution in [1.29, 1.82) is 0 Å². The lowest BCUT2D eigenvalue weighted by molar-refractivity contribution is -0.127. The summed E-state index contributed by atoms with van der Waals surface area (Å²) >= 11 is 0. The highest BCUT2D eigenvalue weighted by molar-refractivity contribution is 5.99. The van der Waals surface area contributed by atoms with Crippen LogP contribution in [0.2, 0.25) is 0 Å². The molecule has 0 radical (unpaired) electrons. The Kier molecular flexibility index (Phi) is 5.58. The molecule has 2 aromatic carbocycles. The van der Waals surface area contributed by atoms with Gasteiger partial charge in [-0.1, -0.05) is 12.1 Å². The average molecular weight is 382 g/mol. The topological polar surface area (TPSA) is 67.9 Å². The molecule has 6 nitrogen and oxygen atoms in total. The summed E-state index contributed by atoms with van der Waals surface area (Å²) in [7, 11) is 1.74. The highest BCUT2D eigenvalue weighted by Crippen LogP contribution is 2.37. The van der Waals surface area contributed by atoms with E-state index in [2.05, 4.69) is 5.32 Å². The van der Waals surface area contributed by atoms with Crippen LogP contribution in [0.25, 0.3) is 0 Å². The van der Waals surface area contributed by atoms with E-state index in [1.807, 2.05) is 45.0 Å². The molecule has 2 aromatic rings. The molecular formula is C22H26N2O4. The fraction of sp³-hybridized carbons (Fsp3) is 0.364. The summed E-state index contributed by atoms with van der Waals surface area (Å²) in [5.41, 5.74) is 1.62. The summed E-state index contributed by atoms with van der Waals surface area (Å²) < 4.78 is 11.3. The molecule has 148 valence electrons. The fourth-order valence-corrected chi connectivity index (χ4v) is 3.13. The van der Waals surface area contributed by atoms with Gasteiger partial charge in [-0.05, 0) is 50.6 Å². The molecule has 1 aliphatic heterocycles. The summed E-state index contributed by atoms with van der Waals surface area (Å²) in [5, 5.41) is 2.89. The first-order valence-electron chi connectivity index (χ1n) is 9.37. The second-order valence-electron chi connectivity index (χ2n) is 7.52. The molecule has 0 unspecified atom stereocenters. The number of rotatable bonds is 5. The van der Waals surface area contributed by atoms with Gasteiger partial charge in [0.2, 0.25) is 11.8 Å². The van der Waals surface area contributed by atoms with Crippen molar-refractivity contribution in [1.82, 2.24) is 0 Å². The van der Waals surface area contributed by atoms with Gasteiger partial charge in [0.05, 0.1) is 24.1 Å². The van der Waals surface area contributed by atoms with Gasteiger partial charge >= 0.3 is 0 Å². The van der Waals surface area contributed by atoms with Crippen LogP contribution in [0.15, 0.2) is 42.5 Å². The molecule has 0 fully saturated rings. The van der Waals surface area contributed by atoms with Gasteiger partial charge in [-0.3, -0.25) is 9.59 Å². The highest BCUT2D eigenvalue weighted by atomic mass is 16.5. The zero-order valence-electron chi connectivity index (χ0n) is 16.7. The van der Waals surface area contributed by atoms with Gasteiger partial charge in [-0.25, -0.2) is 0 Å². The van der Waals surface area contributed by atoms with Crippen molar-refractivity contribution in [2.24, 2.45) is 5.41 Å². The minimum Gasteiger partial charge on any atom is -0.494 e. The number of carbonyl (C=O) groups is 2. The molecule has 2 amide bonds. The van der Waals surface area contributed by atoms with E-state index >= 15 is 0 Å². The zero-order valence-corrected chi connectivity index (χ0v) is 16.7. The Bertz CT molecular complexity index is 875. The van der Waals surface area contributed by atoms with Crippen LogP contribution in [0, 0.1) is 5.41 Å². The van der Waals surface area contributed by atoms with Crippen LogP contribution in [0.1, 0.15) is 26.3 Å². The van der Waals surface area contributed by atoms with Gasteiger partial charge in [-0.15, -0.1) is 0 Å². The molecule has 0 spiro atoms. The second-order valence-corrected chi connectivity index (χ2v) is 7.52. The van der Waals surface area contributed by atoms with Gasteiger partial charge in [0.1, 0.15) is 18.1 Å². The van der Waals surface area contributed by atoms with E-state index in [1.165, 1.54) is 0 Å². The lowest BCUT2D eigenvalue weighted by Gasteiger charge is -2.24. The van der Waals surface area contributed by atoms with Crippen molar-refractivity contribution < 1.29 is 19.1 Å². The molecule has 3 rings (SSSR count). The maximum Gasteiger partial charge on any atom is 0.235 e. The Morgan fingerprint density at radius 3 is 2.61 bits per heavy atom. The number of anilines is 2. The maximum atomic E-state index is 12.5. The van der Waals surface area contributed by atoms with Crippen LogP contribution in [0.5, 0.6) is 11.5 Å². The van der Waals surface area contributed by atoms with Gasteiger partial charge in [0.15, 0.2) is 0 Å². The monoisotopic (exact) mass is 382 g/mol. The van der Waals surface area contributed by atoms with Crippen molar-refractivity contribution in [3.63, 3.8) is 0 Å². The number of hydrogen-bond donors (Lipinski definition) is 1. The van der Waals surface area contributed by atoms with Gasteiger partial charge < -0.3 is 19.7 Å². The first kappa shape index (κ1) is 19.7. The largest absolute Gasteiger partial charge is 0.494 e. The first-order chi connectivity index (χ1) is 13.3. The average Bonchev–Trinajstić information content (AvgIpc) is 2.74. The number of carbonyl (C=O) groups excluding carboxylic acids is 2. The van der Waals surface area contributed by atoms with E-state index in [1.54, 1.807) is 30.1 Å². The molecule has 1 N–H and O–H groups in total. The van der Waals surface area contributed by atoms with Crippen LogP contribution in [0.3, 0.4) is 0 Å². The molecule has 0 saturated heterocycles. The fourth-order valence-electron chi connectivity index (χ4n) is 3.13. The molecule has 0 saturated carbocycles. The molecule has 0 aromatic heterocycles. The minimum atomic E-state index is -0.606. The summed E-state index contributed by atoms with van der Waals surface area (Å²) in [4.78, 5) is 26.5. The first-order valence-corrected chi connectivity index (χ1v) is 9.37. The zero-order chi connectivity index (χ0) is 20.3. The standard InChI is InChI=1S/C22H26N2O4/c1-5-27-17-9-6-15(7-10-17)12-20(25)23-16-8-11-18-19(13-16)28-14-22(2,3)21(26)24(18)4/h6-11,13H,5,12,14H2,1-4H3,(H,23,25). The van der Waals surface area contributed by atoms with E-state index in [-0.39, 0.29) is 24.8 Å². The number of nitrogens with zero attached hydrogens (tertiary/aromatic N) is 1. The maximum absolute atomic E-state index is 12.5. The van der Waals surface area contributed by atoms with Crippen molar-refractivity contribution in [2.75, 3.05) is 30.5 Å². The van der Waals surface area contributed by atoms with E-state index in [0.717, 1.165) is 11.3 Å². The third-order valence-electron chi connectivity index (χ3n) is 4.68. The lowest BCUT2D eigenvalue weighted by atomic mass is 9.93. The Hall–Kier alpha value is -3.02. The molecule has 1 heterocycles. The summed E-state index contributed by atoms with van der Waals surface area (Å²) in [6.45, 7) is 6.54. The van der Waals surface area contributed by atoms with Crippen LogP contribution in [0.4, 0.5) is 11.4 Å². The summed E-state index contributed by atoms with van der Waals surface area (Å²) in [6.07, 6.45) is 0.260. The SMILES string of the molecule is CCOc1ccc(CC(=O)Nc2ccc3c(c2)OCC(C)(C)C(=O)N3C)cc1. The Morgan fingerprint density at radius 2 is 1.93 bits per heavy atom. The number of ether oxygens (including phenoxy) is 2. The predicted octanol–water partition coefficient (Wildman–Crippen LogP) is 3.65. The third kappa shape index (κ3) is 4.27. The van der Waals surface area contributed by atoms with Gasteiger partial charge in [-0.2, -0.15) is 0 Å². The molecule has 0 atom stereocenters. The van der Waals surface area contributed by atoms with Crippen LogP contribution >= 0.6 is 0 Å². The molecule has 0 aliphatic carbocycles. The third-order valence-corrected chi connectivity index (χ3v) is 4.68. The lowest BCUT2D eigenvalue weighted by Crippen LogP contribution is -2.39. The number of benzene rings is 2. The quantitative estimate of drug-likeness (QED) is 0.857. The van der Waals surface area contributed by atoms with E-state index in [4.69, 9.17) is 9.47 Å². The second kappa shape index (κ2) is 7.92. The summed E-state index contributed by atoms with van der Waals surface area (Å²) in [6, 6.07) is 12.8. The van der Waals surface area contributed by atoms with Gasteiger partial charge in [0, 0.05) is 18.8 Å². The molecule has 28 heavy (non-hydrogen) atoms. The molecular weight excluding hydrogens is 356 g/mol. The van der Waals surface area contributed by atoms with Crippen LogP contribution in [-0.2, 0) is 16.0 Å². The molecule has 0 bridgehead atoms. The van der Waals surface area contributed by atoms with Crippen molar-refractivity contribution in [3.8, 4) is 11.5 Å². The van der Waals surface area contributed by atoms with Crippen molar-refractivity contribution >= 4 is 23.2 Å². The van der Waals surface area contributed by atoms with Crippen LogP contribution in [-0.4, -0.2) is 32.1 Å². The minimum absolute atomic E-state index is 0.00136. The Morgan fingerprint density at radius 1 is 1.21 bits per heavy atom. The van der Waals surface area contributed by atoms with Gasteiger partial charge in [0.25, 0.3) is 0 Å². The Balaban J connectivity index is 1.69. The molecule has 1 aliphatic rings. The predicted molar refractivity (Wildman–Crippen MR) is 109 cm³/mol. The number of nitrogens with one attached hydrogen (secondary N) is 1. The van der Waals surface area contributed by atoms with E-state index < -0.39 is 5.41 Å². The molecule has 6 heteroatoms. The van der Waals surface area contributed by atoms with Crippen molar-refractivity contribution in [2.45, 2.75) is 27.2 Å². The number of fused-ring (bicyclic) bond motifs is 1. The van der Waals surface area contributed by atoms with Crippen molar-refractivity contribution in [3.05, 3.63) is 48.0 Å². The van der Waals surface area contributed by atoms with E-state index in [9.17, 15) is 9.59 Å². The van der Waals surface area contributed by atoms with E-state index in [0.29, 0.717) is 23.7 Å². The number of amides is 2. The normalized spacial score (nSPS) is 15.3.